The van der Waals surface area contributed by atoms with E-state index in [4.69, 9.17) is 0 Å². The van der Waals surface area contributed by atoms with Gasteiger partial charge in [-0.3, -0.25) is 9.59 Å². The summed E-state index contributed by atoms with van der Waals surface area (Å²) in [5.41, 5.74) is 0.745. The Morgan fingerprint density at radius 1 is 0.800 bits per heavy atom. The highest BCUT2D eigenvalue weighted by molar-refractivity contribution is 8.70. The second-order valence-corrected chi connectivity index (χ2v) is 6.15. The third-order valence-corrected chi connectivity index (χ3v) is 5.08. The van der Waals surface area contributed by atoms with E-state index in [2.05, 4.69) is 23.3 Å². The average Bonchev–Trinajstić information content (AvgIpc) is 2.53. The summed E-state index contributed by atoms with van der Waals surface area (Å²) in [4.78, 5) is 26.0. The Morgan fingerprint density at radius 3 is 2.10 bits per heavy atom. The lowest BCUT2D eigenvalue weighted by atomic mass is 10.0. The Morgan fingerprint density at radius 2 is 1.50 bits per heavy atom. The monoisotopic (exact) mass is 338 g/mol. The van der Waals surface area contributed by atoms with Gasteiger partial charge >= 0.3 is 0 Å². The molecule has 0 aliphatic rings. The Bertz CT molecular complexity index is 641. The van der Waals surface area contributed by atoms with Gasteiger partial charge in [0, 0.05) is 20.9 Å². The minimum Gasteiger partial charge on any atom is -0.285 e. The largest absolute Gasteiger partial charge is 0.285 e. The van der Waals surface area contributed by atoms with Gasteiger partial charge in [-0.1, -0.05) is 58.0 Å². The van der Waals surface area contributed by atoms with E-state index in [1.54, 1.807) is 42.5 Å². The number of hydrogen-bond acceptors (Lipinski definition) is 6. The van der Waals surface area contributed by atoms with Crippen LogP contribution in [0.25, 0.3) is 0 Å². The van der Waals surface area contributed by atoms with Crippen molar-refractivity contribution in [2.45, 2.75) is 9.79 Å². The van der Waals surface area contributed by atoms with Crippen molar-refractivity contribution in [3.8, 4) is 0 Å². The number of Topliss-reactive ketones (excluding diaryl/α,β-unsaturated/α-hetero) is 2. The lowest BCUT2D eigenvalue weighted by Crippen LogP contribution is -2.15. The third kappa shape index (κ3) is 3.25. The maximum Gasteiger partial charge on any atom is 0.234 e. The Labute approximate surface area is 135 Å². The number of thiol groups is 2. The first-order chi connectivity index (χ1) is 9.69. The molecule has 0 spiro atoms. The van der Waals surface area contributed by atoms with Gasteiger partial charge in [-0.25, -0.2) is 0 Å². The molecule has 0 aliphatic carbocycles. The summed E-state index contributed by atoms with van der Waals surface area (Å²) >= 11 is 8.30. The van der Waals surface area contributed by atoms with E-state index in [1.165, 1.54) is 10.8 Å². The van der Waals surface area contributed by atoms with Crippen LogP contribution in [0.1, 0.15) is 20.7 Å². The van der Waals surface area contributed by atoms with Crippen molar-refractivity contribution in [3.05, 3.63) is 59.7 Å². The van der Waals surface area contributed by atoms with Gasteiger partial charge in [0.2, 0.25) is 11.6 Å². The summed E-state index contributed by atoms with van der Waals surface area (Å²) in [7, 11) is 2.36. The fraction of sp³-hybridized carbons (Fsp3) is 0. The van der Waals surface area contributed by atoms with Crippen LogP contribution in [0.15, 0.2) is 58.3 Å². The predicted molar refractivity (Wildman–Crippen MR) is 91.2 cm³/mol. The first-order valence-electron chi connectivity index (χ1n) is 5.59. The van der Waals surface area contributed by atoms with Gasteiger partial charge in [0.1, 0.15) is 0 Å². The summed E-state index contributed by atoms with van der Waals surface area (Å²) in [6, 6.07) is 13.7. The van der Waals surface area contributed by atoms with Gasteiger partial charge in [0.05, 0.1) is 0 Å². The average molecular weight is 338 g/mol. The molecule has 6 heteroatoms. The molecule has 0 aliphatic heterocycles. The van der Waals surface area contributed by atoms with Gasteiger partial charge in [-0.15, -0.1) is 23.3 Å². The zero-order chi connectivity index (χ0) is 14.5. The van der Waals surface area contributed by atoms with Gasteiger partial charge in [0.25, 0.3) is 0 Å². The molecule has 0 N–H and O–H groups in total. The Kier molecular flexibility index (Phi) is 5.65. The van der Waals surface area contributed by atoms with E-state index in [1.807, 2.05) is 6.07 Å². The van der Waals surface area contributed by atoms with E-state index in [0.717, 1.165) is 15.7 Å². The number of carbonyl (C=O) groups is 2. The standard InChI is InChI=1S/C14H10O2S4/c15-12(9-5-2-1-3-6-9)13(16)10-7-4-8-11(19-17)14(10)20-18/h1-8,17-18H. The second-order valence-electron chi connectivity index (χ2n) is 3.84. The smallest absolute Gasteiger partial charge is 0.234 e. The second kappa shape index (κ2) is 7.26. The quantitative estimate of drug-likeness (QED) is 0.361. The van der Waals surface area contributed by atoms with E-state index in [9.17, 15) is 9.59 Å². The summed E-state index contributed by atoms with van der Waals surface area (Å²) < 4.78 is 0. The maximum atomic E-state index is 12.4. The third-order valence-electron chi connectivity index (χ3n) is 2.66. The maximum absolute atomic E-state index is 12.4. The van der Waals surface area contributed by atoms with Gasteiger partial charge in [-0.05, 0) is 12.1 Å². The Hall–Kier alpha value is -0.820. The number of rotatable bonds is 5. The zero-order valence-electron chi connectivity index (χ0n) is 10.1. The van der Waals surface area contributed by atoms with Crippen LogP contribution in [0.4, 0.5) is 0 Å². The number of carbonyl (C=O) groups excluding carboxylic acids is 2. The molecule has 0 bridgehead atoms. The van der Waals surface area contributed by atoms with Crippen LogP contribution in [0, 0.1) is 0 Å². The molecule has 0 unspecified atom stereocenters. The summed E-state index contributed by atoms with van der Waals surface area (Å²) in [6.07, 6.45) is 0. The summed E-state index contributed by atoms with van der Waals surface area (Å²) in [5, 5.41) is 0. The number of hydrogen-bond donors (Lipinski definition) is 2. The van der Waals surface area contributed by atoms with E-state index >= 15 is 0 Å². The molecule has 2 aromatic carbocycles. The van der Waals surface area contributed by atoms with Crippen molar-refractivity contribution in [2.75, 3.05) is 0 Å². The van der Waals surface area contributed by atoms with Crippen LogP contribution in [-0.2, 0) is 0 Å². The van der Waals surface area contributed by atoms with Crippen LogP contribution in [-0.4, -0.2) is 11.6 Å². The molecular formula is C14H10O2S4. The highest BCUT2D eigenvalue weighted by Gasteiger charge is 2.22. The molecule has 0 radical (unpaired) electrons. The normalized spacial score (nSPS) is 10.3. The summed E-state index contributed by atoms with van der Waals surface area (Å²) in [5.74, 6) is -1.05. The molecule has 0 fully saturated rings. The van der Waals surface area contributed by atoms with Gasteiger partial charge in [0.15, 0.2) is 0 Å². The lowest BCUT2D eigenvalue weighted by molar-refractivity contribution is 0.0815. The van der Waals surface area contributed by atoms with Crippen molar-refractivity contribution in [3.63, 3.8) is 0 Å². The van der Waals surface area contributed by atoms with Crippen LogP contribution < -0.4 is 0 Å². The molecule has 2 aromatic rings. The molecule has 0 aromatic heterocycles. The van der Waals surface area contributed by atoms with Crippen molar-refractivity contribution in [2.24, 2.45) is 0 Å². The van der Waals surface area contributed by atoms with E-state index < -0.39 is 11.6 Å². The van der Waals surface area contributed by atoms with Gasteiger partial charge in [-0.2, -0.15) is 0 Å². The lowest BCUT2D eigenvalue weighted by Gasteiger charge is -2.09. The molecule has 20 heavy (non-hydrogen) atoms. The van der Waals surface area contributed by atoms with Crippen LogP contribution >= 0.6 is 44.9 Å². The molecule has 0 amide bonds. The van der Waals surface area contributed by atoms with Crippen LogP contribution in [0.2, 0.25) is 0 Å². The molecule has 2 nitrogen and oxygen atoms in total. The Balaban J connectivity index is 2.42. The van der Waals surface area contributed by atoms with Crippen LogP contribution in [0.5, 0.6) is 0 Å². The molecule has 0 saturated carbocycles. The van der Waals surface area contributed by atoms with E-state index in [0.29, 0.717) is 16.0 Å². The molecular weight excluding hydrogens is 328 g/mol. The minimum atomic E-state index is -0.531. The predicted octanol–water partition coefficient (Wildman–Crippen LogP) is 4.63. The van der Waals surface area contributed by atoms with Crippen LogP contribution in [0.3, 0.4) is 0 Å². The highest BCUT2D eigenvalue weighted by Crippen LogP contribution is 2.37. The minimum absolute atomic E-state index is 0.359. The fourth-order valence-electron chi connectivity index (χ4n) is 1.70. The topological polar surface area (TPSA) is 34.1 Å². The highest BCUT2D eigenvalue weighted by atomic mass is 33.1. The molecule has 102 valence electrons. The number of ketones is 2. The molecule has 0 heterocycles. The fourth-order valence-corrected chi connectivity index (χ4v) is 4.12. The molecule has 0 atom stereocenters. The van der Waals surface area contributed by atoms with Crippen molar-refractivity contribution >= 4 is 56.5 Å². The zero-order valence-corrected chi connectivity index (χ0v) is 13.6. The first-order valence-corrected chi connectivity index (χ1v) is 9.32. The van der Waals surface area contributed by atoms with Crippen molar-refractivity contribution in [1.29, 1.82) is 0 Å². The molecule has 2 rings (SSSR count). The summed E-state index contributed by atoms with van der Waals surface area (Å²) in [6.45, 7) is 0. The number of benzene rings is 2. The van der Waals surface area contributed by atoms with Crippen molar-refractivity contribution < 1.29 is 9.59 Å². The van der Waals surface area contributed by atoms with E-state index in [-0.39, 0.29) is 0 Å². The molecule has 0 saturated heterocycles. The SMILES string of the molecule is O=C(C(=O)c1cccc(SS)c1SS)c1ccccc1. The first kappa shape index (κ1) is 15.6. The van der Waals surface area contributed by atoms with Crippen molar-refractivity contribution in [1.82, 2.24) is 0 Å². The van der Waals surface area contributed by atoms with Gasteiger partial charge < -0.3 is 0 Å².